The van der Waals surface area contributed by atoms with Gasteiger partial charge < -0.3 is 21.3 Å². The largest absolute Gasteiger partial charge is 0.369 e. The fraction of sp³-hybridized carbons (Fsp3) is 0.552. The van der Waals surface area contributed by atoms with Crippen LogP contribution < -0.4 is 21.3 Å². The van der Waals surface area contributed by atoms with E-state index in [1.165, 1.54) is 37.8 Å². The van der Waals surface area contributed by atoms with Crippen molar-refractivity contribution in [3.8, 4) is 0 Å². The number of aryl methyl sites for hydroxylation is 1. The topological polar surface area (TPSA) is 105 Å². The first-order valence-corrected chi connectivity index (χ1v) is 14.0. The number of aromatic nitrogens is 2. The number of nitrogens with two attached hydrogens (primary N) is 2. The first kappa shape index (κ1) is 25.1. The van der Waals surface area contributed by atoms with Crippen LogP contribution >= 0.6 is 0 Å². The van der Waals surface area contributed by atoms with Crippen molar-refractivity contribution in [1.29, 1.82) is 0 Å². The number of rotatable bonds is 6. The van der Waals surface area contributed by atoms with Crippen LogP contribution in [0.15, 0.2) is 36.5 Å². The van der Waals surface area contributed by atoms with Gasteiger partial charge in [-0.2, -0.15) is 4.98 Å². The molecule has 1 aliphatic heterocycles. The standard InChI is InChI=1S/C29H38FN7O/c1-18-15-22(9-10-24(18)36-13-11-35(12-14-36)21-5-3-2-4-6-21)37(28-23(30)17-33-29(32)34-28)26-20-8-7-19(16-20)25(26)27(31)38/h7-10,15,17,19-21,25-26H,2-6,11-14,16H2,1H3,(H2,31,38)(H2,32,33,34). The highest BCUT2D eigenvalue weighted by Crippen LogP contribution is 2.49. The quantitative estimate of drug-likeness (QED) is 0.560. The van der Waals surface area contributed by atoms with Gasteiger partial charge in [-0.05, 0) is 61.8 Å². The Morgan fingerprint density at radius 1 is 1.08 bits per heavy atom. The van der Waals surface area contributed by atoms with Crippen molar-refractivity contribution >= 4 is 29.0 Å². The molecule has 6 rings (SSSR count). The molecule has 1 amide bonds. The monoisotopic (exact) mass is 519 g/mol. The van der Waals surface area contributed by atoms with Gasteiger partial charge in [0, 0.05) is 43.6 Å². The highest BCUT2D eigenvalue weighted by molar-refractivity contribution is 5.81. The first-order valence-electron chi connectivity index (χ1n) is 14.0. The van der Waals surface area contributed by atoms with Gasteiger partial charge >= 0.3 is 0 Å². The van der Waals surface area contributed by atoms with Gasteiger partial charge in [-0.25, -0.2) is 9.37 Å². The van der Waals surface area contributed by atoms with Crippen LogP contribution in [0.1, 0.15) is 44.1 Å². The average molecular weight is 520 g/mol. The molecule has 1 aromatic heterocycles. The molecule has 4 N–H and O–H groups in total. The van der Waals surface area contributed by atoms with E-state index in [2.05, 4.69) is 51.0 Å². The Labute approximate surface area is 223 Å². The molecule has 2 aromatic rings. The van der Waals surface area contributed by atoms with E-state index >= 15 is 4.39 Å². The highest BCUT2D eigenvalue weighted by atomic mass is 19.1. The molecular formula is C29H38FN7O. The SMILES string of the molecule is Cc1cc(N(c2nc(N)ncc2F)C2C3C=CC(C3)C2C(N)=O)ccc1N1CCN(C2CCCCC2)CC1. The van der Waals surface area contributed by atoms with Crippen LogP contribution in [-0.4, -0.2) is 59.0 Å². The van der Waals surface area contributed by atoms with E-state index in [1.54, 1.807) is 0 Å². The molecule has 0 radical (unpaired) electrons. The van der Waals surface area contributed by atoms with Gasteiger partial charge in [0.2, 0.25) is 11.9 Å². The van der Waals surface area contributed by atoms with Gasteiger partial charge in [-0.1, -0.05) is 31.4 Å². The summed E-state index contributed by atoms with van der Waals surface area (Å²) in [5, 5.41) is 0. The Morgan fingerprint density at radius 2 is 1.82 bits per heavy atom. The van der Waals surface area contributed by atoms with E-state index in [-0.39, 0.29) is 35.6 Å². The van der Waals surface area contributed by atoms with Crippen LogP contribution in [0.25, 0.3) is 0 Å². The summed E-state index contributed by atoms with van der Waals surface area (Å²) in [4.78, 5) is 27.7. The van der Waals surface area contributed by atoms with Crippen LogP contribution in [0.3, 0.4) is 0 Å². The van der Waals surface area contributed by atoms with Gasteiger partial charge in [0.05, 0.1) is 18.2 Å². The fourth-order valence-corrected chi connectivity index (χ4v) is 7.42. The minimum atomic E-state index is -0.574. The van der Waals surface area contributed by atoms with Crippen molar-refractivity contribution in [3.63, 3.8) is 0 Å². The molecule has 4 unspecified atom stereocenters. The molecule has 9 heteroatoms. The predicted octanol–water partition coefficient (Wildman–Crippen LogP) is 3.78. The molecule has 4 aliphatic rings. The Kier molecular flexibility index (Phi) is 6.72. The van der Waals surface area contributed by atoms with Crippen molar-refractivity contribution < 1.29 is 9.18 Å². The smallest absolute Gasteiger partial charge is 0.223 e. The van der Waals surface area contributed by atoms with Crippen molar-refractivity contribution in [2.45, 2.75) is 57.5 Å². The molecule has 3 aliphatic carbocycles. The number of allylic oxidation sites excluding steroid dienone is 1. The van der Waals surface area contributed by atoms with Crippen molar-refractivity contribution in [2.75, 3.05) is 41.7 Å². The minimum Gasteiger partial charge on any atom is -0.369 e. The normalized spacial score (nSPS) is 27.7. The molecule has 3 fully saturated rings. The molecule has 2 bridgehead atoms. The molecule has 1 saturated heterocycles. The number of nitrogens with zero attached hydrogens (tertiary/aromatic N) is 5. The van der Waals surface area contributed by atoms with Gasteiger partial charge in [0.25, 0.3) is 0 Å². The zero-order chi connectivity index (χ0) is 26.4. The number of benzene rings is 1. The van der Waals surface area contributed by atoms with Gasteiger partial charge in [-0.15, -0.1) is 0 Å². The van der Waals surface area contributed by atoms with Crippen LogP contribution in [0, 0.1) is 30.5 Å². The Hall–Kier alpha value is -3.20. The van der Waals surface area contributed by atoms with Crippen molar-refractivity contribution in [3.05, 3.63) is 47.9 Å². The van der Waals surface area contributed by atoms with Gasteiger partial charge in [0.15, 0.2) is 11.6 Å². The Balaban J connectivity index is 1.30. The maximum atomic E-state index is 15.2. The highest BCUT2D eigenvalue weighted by Gasteiger charge is 2.51. The number of hydrogen-bond acceptors (Lipinski definition) is 7. The molecule has 2 saturated carbocycles. The second-order valence-corrected chi connectivity index (χ2v) is 11.4. The van der Waals surface area contributed by atoms with Gasteiger partial charge in [-0.3, -0.25) is 9.69 Å². The summed E-state index contributed by atoms with van der Waals surface area (Å²) in [5.41, 5.74) is 14.9. The third-order valence-corrected chi connectivity index (χ3v) is 9.22. The van der Waals surface area contributed by atoms with E-state index in [9.17, 15) is 4.79 Å². The molecule has 2 heterocycles. The van der Waals surface area contributed by atoms with E-state index in [1.807, 2.05) is 11.0 Å². The number of amides is 1. The summed E-state index contributed by atoms with van der Waals surface area (Å²) in [5.74, 6) is -1.19. The molecule has 0 spiro atoms. The van der Waals surface area contributed by atoms with E-state index in [0.29, 0.717) is 0 Å². The predicted molar refractivity (Wildman–Crippen MR) is 148 cm³/mol. The number of anilines is 4. The number of primary amides is 1. The lowest BCUT2D eigenvalue weighted by Crippen LogP contribution is -2.51. The third kappa shape index (κ3) is 4.51. The van der Waals surface area contributed by atoms with Gasteiger partial charge in [0.1, 0.15) is 0 Å². The molecule has 38 heavy (non-hydrogen) atoms. The Morgan fingerprint density at radius 3 is 2.53 bits per heavy atom. The second-order valence-electron chi connectivity index (χ2n) is 11.4. The number of hydrogen-bond donors (Lipinski definition) is 2. The second kappa shape index (κ2) is 10.2. The summed E-state index contributed by atoms with van der Waals surface area (Å²) in [6, 6.07) is 6.62. The number of carbonyl (C=O) groups excluding carboxylic acids is 1. The maximum Gasteiger partial charge on any atom is 0.223 e. The summed E-state index contributed by atoms with van der Waals surface area (Å²) in [6.45, 7) is 6.26. The number of nitrogen functional groups attached to an aromatic ring is 1. The number of carbonyl (C=O) groups is 1. The summed E-state index contributed by atoms with van der Waals surface area (Å²) in [6.07, 6.45) is 12.9. The molecular weight excluding hydrogens is 481 g/mol. The fourth-order valence-electron chi connectivity index (χ4n) is 7.42. The lowest BCUT2D eigenvalue weighted by atomic mass is 9.86. The van der Waals surface area contributed by atoms with Crippen molar-refractivity contribution in [1.82, 2.24) is 14.9 Å². The molecule has 202 valence electrons. The zero-order valence-corrected chi connectivity index (χ0v) is 22.1. The summed E-state index contributed by atoms with van der Waals surface area (Å²) in [7, 11) is 0. The van der Waals surface area contributed by atoms with Crippen molar-refractivity contribution in [2.24, 2.45) is 23.5 Å². The third-order valence-electron chi connectivity index (χ3n) is 9.22. The molecule has 8 nitrogen and oxygen atoms in total. The first-order chi connectivity index (χ1) is 18.4. The number of fused-ring (bicyclic) bond motifs is 2. The number of halogens is 1. The van der Waals surface area contributed by atoms with Crippen LogP contribution in [0.4, 0.5) is 27.5 Å². The van der Waals surface area contributed by atoms with Crippen LogP contribution in [-0.2, 0) is 4.79 Å². The van der Waals surface area contributed by atoms with E-state index < -0.39 is 11.7 Å². The lowest BCUT2D eigenvalue weighted by molar-refractivity contribution is -0.122. The van der Waals surface area contributed by atoms with Crippen LogP contribution in [0.5, 0.6) is 0 Å². The minimum absolute atomic E-state index is 0.00935. The maximum absolute atomic E-state index is 15.2. The van der Waals surface area contributed by atoms with Crippen LogP contribution in [0.2, 0.25) is 0 Å². The molecule has 4 atom stereocenters. The average Bonchev–Trinajstić information content (AvgIpc) is 3.54. The lowest BCUT2D eigenvalue weighted by Gasteiger charge is -2.42. The molecule has 1 aromatic carbocycles. The van der Waals surface area contributed by atoms with E-state index in [4.69, 9.17) is 11.5 Å². The Bertz CT molecular complexity index is 1220. The summed E-state index contributed by atoms with van der Waals surface area (Å²) >= 11 is 0. The summed E-state index contributed by atoms with van der Waals surface area (Å²) < 4.78 is 15.2. The van der Waals surface area contributed by atoms with E-state index in [0.717, 1.165) is 56.1 Å². The zero-order valence-electron chi connectivity index (χ0n) is 22.1. The number of piperazine rings is 1.